The molecule has 4 aliphatic rings. The zero-order valence-electron chi connectivity index (χ0n) is 24.8. The van der Waals surface area contributed by atoms with Gasteiger partial charge in [-0.15, -0.1) is 0 Å². The first-order chi connectivity index (χ1) is 20.5. The maximum absolute atomic E-state index is 13.5. The molecule has 9 nitrogen and oxygen atoms in total. The van der Waals surface area contributed by atoms with Gasteiger partial charge in [-0.3, -0.25) is 9.78 Å². The van der Waals surface area contributed by atoms with E-state index >= 15 is 0 Å². The lowest BCUT2D eigenvalue weighted by Gasteiger charge is -2.67. The average Bonchev–Trinajstić information content (AvgIpc) is 2.98. The first-order valence-corrected chi connectivity index (χ1v) is 15.0. The lowest BCUT2D eigenvalue weighted by Crippen LogP contribution is -2.71. The van der Waals surface area contributed by atoms with Gasteiger partial charge in [0.1, 0.15) is 28.8 Å². The Bertz CT molecular complexity index is 1590. The van der Waals surface area contributed by atoms with Crippen LogP contribution in [-0.4, -0.2) is 40.5 Å². The highest BCUT2D eigenvalue weighted by molar-refractivity contribution is 5.66. The van der Waals surface area contributed by atoms with Crippen molar-refractivity contribution in [2.45, 2.75) is 77.2 Å². The van der Waals surface area contributed by atoms with Crippen LogP contribution in [-0.2, 0) is 19.0 Å². The number of carbonyl (C=O) groups excluding carboxylic acids is 1. The number of carbonyl (C=O) groups is 1. The Kier molecular flexibility index (Phi) is 6.57. The number of benzene rings is 1. The third kappa shape index (κ3) is 4.27. The average molecular weight is 588 g/mol. The quantitative estimate of drug-likeness (QED) is 0.403. The second-order valence-corrected chi connectivity index (χ2v) is 13.2. The van der Waals surface area contributed by atoms with Crippen LogP contribution in [0.25, 0.3) is 11.3 Å². The molecule has 3 fully saturated rings. The summed E-state index contributed by atoms with van der Waals surface area (Å²) in [6.45, 7) is 8.06. The number of esters is 1. The molecule has 9 atom stereocenters. The van der Waals surface area contributed by atoms with Gasteiger partial charge in [-0.05, 0) is 49.7 Å². The van der Waals surface area contributed by atoms with E-state index in [-0.39, 0.29) is 29.1 Å². The van der Waals surface area contributed by atoms with Crippen LogP contribution in [0, 0.1) is 22.7 Å². The Labute approximate surface area is 250 Å². The standard InChI is InChI=1S/C34H37NO8/c1-19(36)40-26-16-24-32(2,13-12-25-33(24,3)18-39-31(42-25)20-9-6-5-7-10-20)29-28(37)27-23(43-34(26,29)4)15-22(41-30(27)38)21-11-8-14-35-17-21/h5-11,14-15,17,24-26,28-29,31,37H,12-13,16,18H2,1-4H3/t24?,25-,26-,28-,29?,31+,32-,33?,34+/m0/s1. The Hall–Kier alpha value is -3.53. The number of aromatic nitrogens is 1. The highest BCUT2D eigenvalue weighted by Crippen LogP contribution is 2.68. The van der Waals surface area contributed by atoms with E-state index in [1.165, 1.54) is 6.92 Å². The monoisotopic (exact) mass is 587 g/mol. The lowest BCUT2D eigenvalue weighted by molar-refractivity contribution is -0.330. The van der Waals surface area contributed by atoms with Gasteiger partial charge in [0.2, 0.25) is 0 Å². The van der Waals surface area contributed by atoms with Gasteiger partial charge in [0.05, 0.1) is 18.8 Å². The van der Waals surface area contributed by atoms with Crippen molar-refractivity contribution in [3.05, 3.63) is 82.5 Å². The Morgan fingerprint density at radius 2 is 1.88 bits per heavy atom. The van der Waals surface area contributed by atoms with Crippen LogP contribution in [0.15, 0.2) is 70.1 Å². The van der Waals surface area contributed by atoms with Crippen LogP contribution in [0.3, 0.4) is 0 Å². The molecular weight excluding hydrogens is 550 g/mol. The van der Waals surface area contributed by atoms with Gasteiger partial charge in [0.15, 0.2) is 6.29 Å². The summed E-state index contributed by atoms with van der Waals surface area (Å²) in [6.07, 6.45) is 2.73. The second kappa shape index (κ2) is 10.0. The molecule has 7 rings (SSSR count). The van der Waals surface area contributed by atoms with Crippen LogP contribution >= 0.6 is 0 Å². The molecule has 2 aliphatic heterocycles. The zero-order valence-corrected chi connectivity index (χ0v) is 24.8. The largest absolute Gasteiger partial charge is 0.482 e. The van der Waals surface area contributed by atoms with E-state index in [0.717, 1.165) is 18.4 Å². The summed E-state index contributed by atoms with van der Waals surface area (Å²) in [5, 5.41) is 12.1. The van der Waals surface area contributed by atoms with Crippen LogP contribution in [0.4, 0.5) is 0 Å². The minimum Gasteiger partial charge on any atom is -0.482 e. The SMILES string of the molecule is CC(=O)O[C@H]1CC2C3(C)CO[C@@H](c4ccccc4)O[C@H]3CC[C@]2(C)C2[C@@H](O)c3c(cc(-c4cccnc4)oc3=O)O[C@@]21C. The molecule has 1 aromatic carbocycles. The first kappa shape index (κ1) is 28.3. The van der Waals surface area contributed by atoms with Crippen LogP contribution in [0.2, 0.25) is 0 Å². The third-order valence-corrected chi connectivity index (χ3v) is 10.7. The zero-order chi connectivity index (χ0) is 30.1. The van der Waals surface area contributed by atoms with E-state index in [0.29, 0.717) is 18.6 Å². The molecule has 1 saturated heterocycles. The summed E-state index contributed by atoms with van der Waals surface area (Å²) in [5.41, 5.74) is -1.05. The highest BCUT2D eigenvalue weighted by Gasteiger charge is 2.71. The minimum absolute atomic E-state index is 0.0700. The van der Waals surface area contributed by atoms with Gasteiger partial charge in [-0.25, -0.2) is 4.79 Å². The van der Waals surface area contributed by atoms with Crippen LogP contribution in [0.5, 0.6) is 5.75 Å². The molecule has 4 heterocycles. The van der Waals surface area contributed by atoms with Gasteiger partial charge < -0.3 is 28.5 Å². The fourth-order valence-corrected chi connectivity index (χ4v) is 8.84. The van der Waals surface area contributed by atoms with E-state index in [2.05, 4.69) is 18.8 Å². The molecular formula is C34H37NO8. The smallest absolute Gasteiger partial charge is 0.345 e. The van der Waals surface area contributed by atoms with Crippen molar-refractivity contribution in [1.82, 2.24) is 4.98 Å². The lowest BCUT2D eigenvalue weighted by atomic mass is 9.42. The molecule has 43 heavy (non-hydrogen) atoms. The molecule has 0 radical (unpaired) electrons. The van der Waals surface area contributed by atoms with Crippen molar-refractivity contribution < 1.29 is 33.3 Å². The van der Waals surface area contributed by atoms with Gasteiger partial charge in [0, 0.05) is 47.8 Å². The maximum atomic E-state index is 13.5. The van der Waals surface area contributed by atoms with Crippen molar-refractivity contribution in [3.63, 3.8) is 0 Å². The molecule has 226 valence electrons. The van der Waals surface area contributed by atoms with Crippen molar-refractivity contribution in [3.8, 4) is 17.1 Å². The fourth-order valence-electron chi connectivity index (χ4n) is 8.84. The number of hydrogen-bond acceptors (Lipinski definition) is 9. The summed E-state index contributed by atoms with van der Waals surface area (Å²) in [6, 6.07) is 15.1. The van der Waals surface area contributed by atoms with Gasteiger partial charge in [-0.1, -0.05) is 44.2 Å². The third-order valence-electron chi connectivity index (χ3n) is 10.7. The van der Waals surface area contributed by atoms with Crippen LogP contribution in [0.1, 0.15) is 70.5 Å². The number of ether oxygens (including phenoxy) is 4. The number of fused-ring (bicyclic) bond motifs is 6. The number of aliphatic hydroxyl groups is 1. The Balaban J connectivity index is 1.30. The van der Waals surface area contributed by atoms with Crippen molar-refractivity contribution in [1.29, 1.82) is 0 Å². The molecule has 2 aliphatic carbocycles. The molecule has 9 heteroatoms. The number of aliphatic hydroxyl groups excluding tert-OH is 1. The number of pyridine rings is 1. The minimum atomic E-state index is -1.21. The molecule has 3 unspecified atom stereocenters. The summed E-state index contributed by atoms with van der Waals surface area (Å²) in [5.74, 6) is -0.561. The Morgan fingerprint density at radius 1 is 1.09 bits per heavy atom. The number of rotatable bonds is 3. The molecule has 3 aromatic rings. The number of hydrogen-bond donors (Lipinski definition) is 1. The van der Waals surface area contributed by atoms with Crippen molar-refractivity contribution >= 4 is 5.97 Å². The molecule has 0 amide bonds. The molecule has 0 bridgehead atoms. The van der Waals surface area contributed by atoms with Gasteiger partial charge >= 0.3 is 11.6 Å². The fraction of sp³-hybridized carbons (Fsp3) is 0.500. The number of nitrogens with zero attached hydrogens (tertiary/aromatic N) is 1. The second-order valence-electron chi connectivity index (χ2n) is 13.2. The molecule has 0 spiro atoms. The van der Waals surface area contributed by atoms with E-state index in [1.54, 1.807) is 30.6 Å². The van der Waals surface area contributed by atoms with E-state index in [1.807, 2.05) is 37.3 Å². The summed E-state index contributed by atoms with van der Waals surface area (Å²) >= 11 is 0. The summed E-state index contributed by atoms with van der Waals surface area (Å²) in [4.78, 5) is 30.1. The van der Waals surface area contributed by atoms with Gasteiger partial charge in [-0.2, -0.15) is 0 Å². The highest BCUT2D eigenvalue weighted by atomic mass is 16.7. The maximum Gasteiger partial charge on any atom is 0.345 e. The van der Waals surface area contributed by atoms with Crippen molar-refractivity contribution in [2.75, 3.05) is 6.61 Å². The normalized spacial score (nSPS) is 38.0. The first-order valence-electron chi connectivity index (χ1n) is 15.0. The molecule has 2 aromatic heterocycles. The molecule has 1 N–H and O–H groups in total. The molecule has 2 saturated carbocycles. The summed E-state index contributed by atoms with van der Waals surface area (Å²) in [7, 11) is 0. The van der Waals surface area contributed by atoms with E-state index in [4.69, 9.17) is 23.4 Å². The van der Waals surface area contributed by atoms with Crippen molar-refractivity contribution in [2.24, 2.45) is 22.7 Å². The topological polar surface area (TPSA) is 117 Å². The van der Waals surface area contributed by atoms with E-state index in [9.17, 15) is 14.7 Å². The summed E-state index contributed by atoms with van der Waals surface area (Å²) < 4.78 is 31.4. The Morgan fingerprint density at radius 3 is 2.60 bits per heavy atom. The predicted octanol–water partition coefficient (Wildman–Crippen LogP) is 5.37. The van der Waals surface area contributed by atoms with Gasteiger partial charge in [0.25, 0.3) is 0 Å². The predicted molar refractivity (Wildman–Crippen MR) is 155 cm³/mol. The van der Waals surface area contributed by atoms with Crippen LogP contribution < -0.4 is 10.4 Å². The van der Waals surface area contributed by atoms with E-state index < -0.39 is 52.4 Å².